The maximum Gasteiger partial charge on any atom is 0.387 e. The van der Waals surface area contributed by atoms with Crippen LogP contribution >= 0.6 is 0 Å². The smallest absolute Gasteiger partial charge is 0.387 e. The van der Waals surface area contributed by atoms with E-state index in [2.05, 4.69) is 10.1 Å². The Balaban J connectivity index is 2.56. The first-order chi connectivity index (χ1) is 9.04. The molecule has 1 aromatic rings. The molecule has 0 aliphatic heterocycles. The molecule has 0 saturated heterocycles. The Morgan fingerprint density at radius 3 is 2.53 bits per heavy atom. The van der Waals surface area contributed by atoms with Crippen molar-refractivity contribution in [1.82, 2.24) is 10.2 Å². The second-order valence-electron chi connectivity index (χ2n) is 4.09. The average molecular weight is 272 g/mol. The zero-order chi connectivity index (χ0) is 14.3. The van der Waals surface area contributed by atoms with Crippen molar-refractivity contribution in [2.45, 2.75) is 13.0 Å². The Morgan fingerprint density at radius 1 is 1.37 bits per heavy atom. The number of halogens is 2. The van der Waals surface area contributed by atoms with Gasteiger partial charge in [-0.25, -0.2) is 0 Å². The van der Waals surface area contributed by atoms with Crippen LogP contribution in [-0.2, 0) is 0 Å². The summed E-state index contributed by atoms with van der Waals surface area (Å²) in [5.41, 5.74) is 0.452. The van der Waals surface area contributed by atoms with Gasteiger partial charge in [0, 0.05) is 19.2 Å². The minimum Gasteiger partial charge on any atom is -0.435 e. The van der Waals surface area contributed by atoms with E-state index in [4.69, 9.17) is 0 Å². The van der Waals surface area contributed by atoms with Gasteiger partial charge in [0.2, 0.25) is 0 Å². The zero-order valence-electron chi connectivity index (χ0n) is 11.0. The summed E-state index contributed by atoms with van der Waals surface area (Å²) < 4.78 is 28.2. The Bertz CT molecular complexity index is 396. The lowest BCUT2D eigenvalue weighted by atomic mass is 10.2. The number of hydrogen-bond acceptors (Lipinski definition) is 3. The quantitative estimate of drug-likeness (QED) is 0.772. The predicted molar refractivity (Wildman–Crippen MR) is 68.6 cm³/mol. The van der Waals surface area contributed by atoms with Crippen molar-refractivity contribution in [1.29, 1.82) is 0 Å². The van der Waals surface area contributed by atoms with Crippen LogP contribution in [0.4, 0.5) is 8.78 Å². The fourth-order valence-electron chi connectivity index (χ4n) is 1.59. The Morgan fingerprint density at radius 2 is 2.00 bits per heavy atom. The number of nitrogens with one attached hydrogen (secondary N) is 1. The second kappa shape index (κ2) is 7.68. The molecule has 0 unspecified atom stereocenters. The van der Waals surface area contributed by atoms with Gasteiger partial charge >= 0.3 is 6.61 Å². The number of carbonyl (C=O) groups excluding carboxylic acids is 1. The second-order valence-corrected chi connectivity index (χ2v) is 4.09. The molecule has 0 radical (unpaired) electrons. The third-order valence-electron chi connectivity index (χ3n) is 2.59. The molecule has 0 spiro atoms. The van der Waals surface area contributed by atoms with Gasteiger partial charge in [0.1, 0.15) is 5.75 Å². The summed E-state index contributed by atoms with van der Waals surface area (Å²) in [6.45, 7) is -1.39. The molecule has 1 amide bonds. The third kappa shape index (κ3) is 5.21. The van der Waals surface area contributed by atoms with Crippen LogP contribution in [-0.4, -0.2) is 44.6 Å². The van der Waals surface area contributed by atoms with Crippen molar-refractivity contribution in [3.63, 3.8) is 0 Å². The number of carbonyl (C=O) groups is 1. The van der Waals surface area contributed by atoms with E-state index in [1.807, 2.05) is 7.05 Å². The van der Waals surface area contributed by atoms with Crippen LogP contribution in [0.15, 0.2) is 24.3 Å². The van der Waals surface area contributed by atoms with E-state index in [1.165, 1.54) is 24.3 Å². The summed E-state index contributed by atoms with van der Waals surface area (Å²) >= 11 is 0. The summed E-state index contributed by atoms with van der Waals surface area (Å²) in [4.78, 5) is 13.6. The first kappa shape index (κ1) is 15.4. The molecule has 106 valence electrons. The van der Waals surface area contributed by atoms with Crippen molar-refractivity contribution in [2.24, 2.45) is 0 Å². The lowest BCUT2D eigenvalue weighted by Gasteiger charge is -2.17. The Kier molecular flexibility index (Phi) is 6.21. The van der Waals surface area contributed by atoms with Crippen LogP contribution in [0.2, 0.25) is 0 Å². The Labute approximate surface area is 111 Å². The maximum absolute atomic E-state index is 12.0. The number of amides is 1. The minimum absolute atomic E-state index is 0.0457. The van der Waals surface area contributed by atoms with E-state index in [-0.39, 0.29) is 11.7 Å². The van der Waals surface area contributed by atoms with Gasteiger partial charge < -0.3 is 15.0 Å². The largest absolute Gasteiger partial charge is 0.435 e. The molecule has 0 heterocycles. The first-order valence-corrected chi connectivity index (χ1v) is 5.99. The fourth-order valence-corrected chi connectivity index (χ4v) is 1.59. The van der Waals surface area contributed by atoms with Gasteiger partial charge in [-0.3, -0.25) is 4.79 Å². The van der Waals surface area contributed by atoms with E-state index in [9.17, 15) is 13.6 Å². The van der Waals surface area contributed by atoms with E-state index in [1.54, 1.807) is 11.9 Å². The number of benzene rings is 1. The molecule has 1 N–H and O–H groups in total. The number of ether oxygens (including phenoxy) is 1. The highest BCUT2D eigenvalue weighted by atomic mass is 19.3. The summed E-state index contributed by atoms with van der Waals surface area (Å²) in [7, 11) is 3.56. The van der Waals surface area contributed by atoms with Crippen molar-refractivity contribution < 1.29 is 18.3 Å². The number of hydrogen-bond donors (Lipinski definition) is 1. The molecular weight excluding hydrogens is 254 g/mol. The van der Waals surface area contributed by atoms with Gasteiger partial charge in [-0.05, 0) is 44.3 Å². The van der Waals surface area contributed by atoms with Gasteiger partial charge in [0.15, 0.2) is 0 Å². The molecule has 0 aliphatic carbocycles. The van der Waals surface area contributed by atoms with E-state index in [0.29, 0.717) is 12.1 Å². The zero-order valence-corrected chi connectivity index (χ0v) is 11.0. The minimum atomic E-state index is -2.86. The lowest BCUT2D eigenvalue weighted by molar-refractivity contribution is -0.0498. The van der Waals surface area contributed by atoms with Crippen molar-refractivity contribution in [3.05, 3.63) is 29.8 Å². The van der Waals surface area contributed by atoms with E-state index in [0.717, 1.165) is 13.0 Å². The molecular formula is C13H18F2N2O2. The molecule has 1 aromatic carbocycles. The van der Waals surface area contributed by atoms with Gasteiger partial charge in [-0.1, -0.05) is 0 Å². The first-order valence-electron chi connectivity index (χ1n) is 5.99. The van der Waals surface area contributed by atoms with Gasteiger partial charge in [-0.15, -0.1) is 0 Å². The molecule has 0 fully saturated rings. The van der Waals surface area contributed by atoms with Crippen molar-refractivity contribution >= 4 is 5.91 Å². The van der Waals surface area contributed by atoms with Crippen LogP contribution in [0.25, 0.3) is 0 Å². The summed E-state index contributed by atoms with van der Waals surface area (Å²) in [6.07, 6.45) is 0.852. The topological polar surface area (TPSA) is 41.6 Å². The summed E-state index contributed by atoms with van der Waals surface area (Å²) in [5.74, 6) is -0.0934. The van der Waals surface area contributed by atoms with Gasteiger partial charge in [0.05, 0.1) is 0 Å². The number of rotatable bonds is 7. The van der Waals surface area contributed by atoms with E-state index >= 15 is 0 Å². The van der Waals surface area contributed by atoms with Gasteiger partial charge in [0.25, 0.3) is 5.91 Å². The van der Waals surface area contributed by atoms with Crippen LogP contribution in [0, 0.1) is 0 Å². The predicted octanol–water partition coefficient (Wildman–Crippen LogP) is 1.97. The maximum atomic E-state index is 12.0. The van der Waals surface area contributed by atoms with Crippen LogP contribution < -0.4 is 10.1 Å². The molecule has 0 atom stereocenters. The highest BCUT2D eigenvalue weighted by Gasteiger charge is 2.11. The molecule has 0 saturated carbocycles. The van der Waals surface area contributed by atoms with Crippen LogP contribution in [0.5, 0.6) is 5.75 Å². The molecule has 1 rings (SSSR count). The summed E-state index contributed by atoms with van der Waals surface area (Å²) in [6, 6.07) is 5.69. The molecule has 0 bridgehead atoms. The fraction of sp³-hybridized carbons (Fsp3) is 0.462. The van der Waals surface area contributed by atoms with E-state index < -0.39 is 6.61 Å². The standard InChI is InChI=1S/C13H18F2N2O2/c1-16-8-3-9-17(2)12(18)10-4-6-11(7-5-10)19-13(14)15/h4-7,13,16H,3,8-9H2,1-2H3. The molecule has 0 aliphatic rings. The Hall–Kier alpha value is -1.69. The highest BCUT2D eigenvalue weighted by molar-refractivity contribution is 5.94. The van der Waals surface area contributed by atoms with Crippen LogP contribution in [0.3, 0.4) is 0 Å². The van der Waals surface area contributed by atoms with Crippen molar-refractivity contribution in [2.75, 3.05) is 27.2 Å². The summed E-state index contributed by atoms with van der Waals surface area (Å²) in [5, 5.41) is 3.00. The molecule has 0 aromatic heterocycles. The number of alkyl halides is 2. The third-order valence-corrected chi connectivity index (χ3v) is 2.59. The lowest BCUT2D eigenvalue weighted by Crippen LogP contribution is -2.29. The molecule has 19 heavy (non-hydrogen) atoms. The highest BCUT2D eigenvalue weighted by Crippen LogP contribution is 2.15. The monoisotopic (exact) mass is 272 g/mol. The van der Waals surface area contributed by atoms with Crippen molar-refractivity contribution in [3.8, 4) is 5.75 Å². The number of nitrogens with zero attached hydrogens (tertiary/aromatic N) is 1. The normalized spacial score (nSPS) is 10.6. The average Bonchev–Trinajstić information content (AvgIpc) is 2.38. The van der Waals surface area contributed by atoms with Gasteiger partial charge in [-0.2, -0.15) is 8.78 Å². The molecule has 4 nitrogen and oxygen atoms in total. The van der Waals surface area contributed by atoms with Crippen LogP contribution in [0.1, 0.15) is 16.8 Å². The SMILES string of the molecule is CNCCCN(C)C(=O)c1ccc(OC(F)F)cc1. The molecule has 6 heteroatoms.